The summed E-state index contributed by atoms with van der Waals surface area (Å²) in [6.45, 7) is 4.17. The summed E-state index contributed by atoms with van der Waals surface area (Å²) >= 11 is 9.55. The monoisotopic (exact) mass is 457 g/mol. The van der Waals surface area contributed by atoms with Crippen molar-refractivity contribution in [1.82, 2.24) is 0 Å². The highest BCUT2D eigenvalue weighted by molar-refractivity contribution is 9.10. The number of ketones is 1. The summed E-state index contributed by atoms with van der Waals surface area (Å²) in [5.41, 5.74) is 3.20. The van der Waals surface area contributed by atoms with Crippen molar-refractivity contribution in [3.8, 4) is 0 Å². The number of hydrogen-bond acceptors (Lipinski definition) is 2. The van der Waals surface area contributed by atoms with E-state index in [2.05, 4.69) is 29.8 Å². The van der Waals surface area contributed by atoms with Crippen LogP contribution in [0.1, 0.15) is 44.6 Å². The van der Waals surface area contributed by atoms with Crippen LogP contribution < -0.4 is 4.90 Å². The highest BCUT2D eigenvalue weighted by Crippen LogP contribution is 2.48. The minimum atomic E-state index is -0.202. The molecular weight excluding hydrogens is 438 g/mol. The maximum atomic E-state index is 13.3. The van der Waals surface area contributed by atoms with Crippen LogP contribution >= 0.6 is 27.5 Å². The number of rotatable bonds is 2. The predicted molar refractivity (Wildman–Crippen MR) is 115 cm³/mol. The molecule has 1 aliphatic carbocycles. The van der Waals surface area contributed by atoms with Gasteiger partial charge in [-0.25, -0.2) is 0 Å². The maximum absolute atomic E-state index is 13.3. The Morgan fingerprint density at radius 2 is 1.79 bits per heavy atom. The number of nitrogens with zero attached hydrogens (tertiary/aromatic N) is 1. The summed E-state index contributed by atoms with van der Waals surface area (Å²) in [6, 6.07) is 15.2. The molecule has 0 saturated heterocycles. The van der Waals surface area contributed by atoms with E-state index in [1.54, 1.807) is 17.0 Å². The summed E-state index contributed by atoms with van der Waals surface area (Å²) in [5, 5.41) is 0.620. The average molecular weight is 459 g/mol. The summed E-state index contributed by atoms with van der Waals surface area (Å²) < 4.78 is 0.948. The van der Waals surface area contributed by atoms with Crippen molar-refractivity contribution in [3.05, 3.63) is 74.9 Å². The normalized spacial score (nSPS) is 21.7. The van der Waals surface area contributed by atoms with Crippen LogP contribution in [0.2, 0.25) is 5.02 Å². The Hall–Kier alpha value is -1.91. The molecule has 1 aliphatic heterocycles. The Kier molecular flexibility index (Phi) is 4.96. The number of Topliss-reactive ketones (excluding diaryl/α,β-unsaturated/α-hetero) is 1. The molecule has 0 N–H and O–H groups in total. The van der Waals surface area contributed by atoms with Crippen molar-refractivity contribution < 1.29 is 9.59 Å². The number of amides is 1. The van der Waals surface area contributed by atoms with Crippen LogP contribution in [0.25, 0.3) is 0 Å². The summed E-state index contributed by atoms with van der Waals surface area (Å²) in [7, 11) is 0. The lowest BCUT2D eigenvalue weighted by atomic mass is 9.69. The maximum Gasteiger partial charge on any atom is 0.232 e. The highest BCUT2D eigenvalue weighted by atomic mass is 79.9. The number of anilines is 1. The second-order valence-electron chi connectivity index (χ2n) is 8.32. The summed E-state index contributed by atoms with van der Waals surface area (Å²) in [6.07, 6.45) is 1.47. The number of benzene rings is 2. The quantitative estimate of drug-likeness (QED) is 0.532. The Morgan fingerprint density at radius 1 is 1.07 bits per heavy atom. The van der Waals surface area contributed by atoms with E-state index in [1.807, 2.05) is 36.4 Å². The van der Waals surface area contributed by atoms with Gasteiger partial charge in [0.2, 0.25) is 5.91 Å². The standard InChI is InChI=1S/C23H21BrClNO2/c1-23(2)12-19-22(20(27)13-23)18(14-4-3-5-15(24)10-14)11-21(28)26(19)17-8-6-16(25)7-9-17/h3-10,18H,11-13H2,1-2H3. The van der Waals surface area contributed by atoms with Crippen LogP contribution in [-0.2, 0) is 9.59 Å². The Balaban J connectivity index is 1.89. The van der Waals surface area contributed by atoms with Gasteiger partial charge >= 0.3 is 0 Å². The molecule has 2 aromatic rings. The molecule has 0 fully saturated rings. The molecule has 0 aromatic heterocycles. The van der Waals surface area contributed by atoms with E-state index < -0.39 is 0 Å². The molecule has 0 bridgehead atoms. The molecule has 3 nitrogen and oxygen atoms in total. The smallest absolute Gasteiger partial charge is 0.232 e. The van der Waals surface area contributed by atoms with Crippen LogP contribution in [0, 0.1) is 5.41 Å². The first kappa shape index (κ1) is 19.4. The fourth-order valence-corrected chi connectivity index (χ4v) is 4.86. The van der Waals surface area contributed by atoms with E-state index in [-0.39, 0.29) is 29.4 Å². The Labute approximate surface area is 178 Å². The van der Waals surface area contributed by atoms with E-state index in [0.717, 1.165) is 27.0 Å². The van der Waals surface area contributed by atoms with E-state index >= 15 is 0 Å². The zero-order chi connectivity index (χ0) is 20.1. The van der Waals surface area contributed by atoms with Crippen LogP contribution in [-0.4, -0.2) is 11.7 Å². The second kappa shape index (κ2) is 7.16. The van der Waals surface area contributed by atoms with Crippen LogP contribution in [0.5, 0.6) is 0 Å². The van der Waals surface area contributed by atoms with Gasteiger partial charge < -0.3 is 0 Å². The first-order chi connectivity index (χ1) is 13.2. The summed E-state index contributed by atoms with van der Waals surface area (Å²) in [5.74, 6) is -0.0496. The van der Waals surface area contributed by atoms with Gasteiger partial charge in [-0.3, -0.25) is 14.5 Å². The molecule has 0 radical (unpaired) electrons. The number of halogens is 2. The molecule has 1 amide bonds. The van der Waals surface area contributed by atoms with Gasteiger partial charge in [-0.15, -0.1) is 0 Å². The predicted octanol–water partition coefficient (Wildman–Crippen LogP) is 6.27. The largest absolute Gasteiger partial charge is 0.294 e. The molecule has 2 aliphatic rings. The molecular formula is C23H21BrClNO2. The molecule has 0 spiro atoms. The lowest BCUT2D eigenvalue weighted by Gasteiger charge is -2.43. The minimum absolute atomic E-state index is 0.0107. The molecule has 4 rings (SSSR count). The van der Waals surface area contributed by atoms with E-state index in [4.69, 9.17) is 11.6 Å². The van der Waals surface area contributed by atoms with Crippen LogP contribution in [0.15, 0.2) is 64.3 Å². The second-order valence-corrected chi connectivity index (χ2v) is 9.67. The van der Waals surface area contributed by atoms with Gasteiger partial charge in [0.25, 0.3) is 0 Å². The Morgan fingerprint density at radius 3 is 2.46 bits per heavy atom. The summed E-state index contributed by atoms with van der Waals surface area (Å²) in [4.78, 5) is 28.2. The van der Waals surface area contributed by atoms with Gasteiger partial charge in [-0.1, -0.05) is 53.5 Å². The average Bonchev–Trinajstić information content (AvgIpc) is 2.61. The van der Waals surface area contributed by atoms with E-state index in [9.17, 15) is 9.59 Å². The molecule has 1 unspecified atom stereocenters. The molecule has 0 saturated carbocycles. The van der Waals surface area contributed by atoms with Crippen molar-refractivity contribution in [3.63, 3.8) is 0 Å². The molecule has 5 heteroatoms. The SMILES string of the molecule is CC1(C)CC(=O)C2=C(C1)N(c1ccc(Cl)cc1)C(=O)CC2c1cccc(Br)c1. The van der Waals surface area contributed by atoms with Crippen molar-refractivity contribution in [2.45, 2.75) is 39.0 Å². The van der Waals surface area contributed by atoms with E-state index in [1.165, 1.54) is 0 Å². The topological polar surface area (TPSA) is 37.4 Å². The Bertz CT molecular complexity index is 994. The van der Waals surface area contributed by atoms with Crippen molar-refractivity contribution >= 4 is 44.9 Å². The third-order valence-corrected chi connectivity index (χ3v) is 6.22. The zero-order valence-corrected chi connectivity index (χ0v) is 18.2. The molecule has 28 heavy (non-hydrogen) atoms. The number of carbonyl (C=O) groups excluding carboxylic acids is 2. The minimum Gasteiger partial charge on any atom is -0.294 e. The lowest BCUT2D eigenvalue weighted by molar-refractivity contribution is -0.121. The van der Waals surface area contributed by atoms with E-state index in [0.29, 0.717) is 17.9 Å². The van der Waals surface area contributed by atoms with Crippen molar-refractivity contribution in [1.29, 1.82) is 0 Å². The lowest BCUT2D eigenvalue weighted by Crippen LogP contribution is -2.43. The fraction of sp³-hybridized carbons (Fsp3) is 0.304. The third kappa shape index (κ3) is 3.56. The van der Waals surface area contributed by atoms with Gasteiger partial charge in [0.05, 0.1) is 0 Å². The number of allylic oxidation sites excluding steroid dienone is 2. The van der Waals surface area contributed by atoms with Gasteiger partial charge in [0, 0.05) is 45.2 Å². The number of carbonyl (C=O) groups is 2. The van der Waals surface area contributed by atoms with Gasteiger partial charge in [0.1, 0.15) is 0 Å². The third-order valence-electron chi connectivity index (χ3n) is 5.48. The van der Waals surface area contributed by atoms with Crippen LogP contribution in [0.3, 0.4) is 0 Å². The first-order valence-corrected chi connectivity index (χ1v) is 10.5. The van der Waals surface area contributed by atoms with Crippen molar-refractivity contribution in [2.24, 2.45) is 5.41 Å². The van der Waals surface area contributed by atoms with Gasteiger partial charge in [-0.05, 0) is 53.8 Å². The van der Waals surface area contributed by atoms with Crippen molar-refractivity contribution in [2.75, 3.05) is 4.90 Å². The van der Waals surface area contributed by atoms with Gasteiger partial charge in [0.15, 0.2) is 5.78 Å². The first-order valence-electron chi connectivity index (χ1n) is 9.35. The highest BCUT2D eigenvalue weighted by Gasteiger charge is 2.44. The molecule has 144 valence electrons. The van der Waals surface area contributed by atoms with Crippen LogP contribution in [0.4, 0.5) is 5.69 Å². The molecule has 2 aromatic carbocycles. The van der Waals surface area contributed by atoms with Gasteiger partial charge in [-0.2, -0.15) is 0 Å². The fourth-order valence-electron chi connectivity index (χ4n) is 4.31. The zero-order valence-electron chi connectivity index (χ0n) is 15.8. The molecule has 1 heterocycles. The molecule has 1 atom stereocenters. The number of hydrogen-bond donors (Lipinski definition) is 0.